The van der Waals surface area contributed by atoms with Gasteiger partial charge in [0.2, 0.25) is 0 Å². The Balaban J connectivity index is 1.53. The Bertz CT molecular complexity index is 1140. The second-order valence-corrected chi connectivity index (χ2v) is 7.55. The molecule has 0 saturated carbocycles. The first-order valence-electron chi connectivity index (χ1n) is 9.80. The molecule has 4 rings (SSSR count). The molecular weight excluding hydrogens is 417 g/mol. The van der Waals surface area contributed by atoms with Crippen LogP contribution in [0.3, 0.4) is 0 Å². The number of carbonyl (C=O) groups excluding carboxylic acids is 2. The van der Waals surface area contributed by atoms with E-state index in [0.717, 1.165) is 23.2 Å². The van der Waals surface area contributed by atoms with E-state index in [0.29, 0.717) is 17.1 Å². The molecule has 156 valence electrons. The zero-order chi connectivity index (χ0) is 21.8. The molecule has 0 aromatic heterocycles. The topological polar surface area (TPSA) is 46.6 Å². The van der Waals surface area contributed by atoms with Gasteiger partial charge in [-0.25, -0.2) is 9.18 Å². The fraction of sp³-hybridized carbons (Fsp3) is 0.120. The molecule has 1 amide bonds. The summed E-state index contributed by atoms with van der Waals surface area (Å²) < 4.78 is 18.7. The number of nitrogens with zero attached hydrogens (tertiary/aromatic N) is 1. The summed E-state index contributed by atoms with van der Waals surface area (Å²) in [5, 5.41) is 0.569. The Morgan fingerprint density at radius 1 is 1.00 bits per heavy atom. The molecule has 0 atom stereocenters. The van der Waals surface area contributed by atoms with Gasteiger partial charge in [0.15, 0.2) is 6.61 Å². The Kier molecular flexibility index (Phi) is 6.14. The highest BCUT2D eigenvalue weighted by atomic mass is 35.5. The highest BCUT2D eigenvalue weighted by Crippen LogP contribution is 2.28. The van der Waals surface area contributed by atoms with Crippen LogP contribution in [-0.2, 0) is 20.7 Å². The summed E-state index contributed by atoms with van der Waals surface area (Å²) in [4.78, 5) is 27.2. The van der Waals surface area contributed by atoms with Crippen molar-refractivity contribution < 1.29 is 18.7 Å². The molecule has 0 radical (unpaired) electrons. The number of halogens is 2. The van der Waals surface area contributed by atoms with E-state index in [1.807, 2.05) is 24.3 Å². The summed E-state index contributed by atoms with van der Waals surface area (Å²) in [6.07, 6.45) is 2.40. The van der Waals surface area contributed by atoms with Crippen molar-refractivity contribution in [3.05, 3.63) is 100 Å². The lowest BCUT2D eigenvalue weighted by atomic mass is 10.0. The summed E-state index contributed by atoms with van der Waals surface area (Å²) in [6.45, 7) is 0.174. The number of para-hydroxylation sites is 1. The molecule has 0 spiro atoms. The third kappa shape index (κ3) is 4.84. The minimum atomic E-state index is -0.664. The molecule has 3 aromatic carbocycles. The molecule has 6 heteroatoms. The fourth-order valence-electron chi connectivity index (χ4n) is 3.50. The summed E-state index contributed by atoms with van der Waals surface area (Å²) in [7, 11) is 0. The summed E-state index contributed by atoms with van der Waals surface area (Å²) in [5.74, 6) is -1.36. The predicted octanol–water partition coefficient (Wildman–Crippen LogP) is 5.15. The number of fused-ring (bicyclic) bond motifs is 1. The number of carbonyl (C=O) groups is 2. The molecule has 31 heavy (non-hydrogen) atoms. The van der Waals surface area contributed by atoms with Crippen molar-refractivity contribution >= 4 is 40.8 Å². The number of hydrogen-bond acceptors (Lipinski definition) is 3. The molecule has 0 aliphatic carbocycles. The molecule has 0 unspecified atom stereocenters. The van der Waals surface area contributed by atoms with Crippen molar-refractivity contribution in [3.8, 4) is 0 Å². The molecular formula is C25H19ClFNO3. The van der Waals surface area contributed by atoms with Crippen LogP contribution in [0.5, 0.6) is 0 Å². The minimum absolute atomic E-state index is 0.219. The van der Waals surface area contributed by atoms with E-state index in [1.165, 1.54) is 24.3 Å². The van der Waals surface area contributed by atoms with Crippen LogP contribution in [0.1, 0.15) is 16.7 Å². The second kappa shape index (κ2) is 9.14. The smallest absolute Gasteiger partial charge is 0.339 e. The van der Waals surface area contributed by atoms with Gasteiger partial charge in [-0.15, -0.1) is 0 Å². The molecule has 1 aliphatic rings. The standard InChI is InChI=1S/C25H19ClFNO3/c26-20-9-5-17(6-10-20)15-22(18-7-11-21(27)12-8-18)25(30)31-16-24(29)28-14-13-19-3-1-2-4-23(19)28/h1-12,15H,13-14,16H2. The Labute approximate surface area is 184 Å². The lowest BCUT2D eigenvalue weighted by Gasteiger charge is -2.17. The van der Waals surface area contributed by atoms with Gasteiger partial charge >= 0.3 is 5.97 Å². The third-order valence-electron chi connectivity index (χ3n) is 5.07. The van der Waals surface area contributed by atoms with Gasteiger partial charge < -0.3 is 9.64 Å². The number of ether oxygens (including phenoxy) is 1. The van der Waals surface area contributed by atoms with Gasteiger partial charge in [0, 0.05) is 17.3 Å². The van der Waals surface area contributed by atoms with E-state index in [1.54, 1.807) is 35.2 Å². The molecule has 0 N–H and O–H groups in total. The zero-order valence-electron chi connectivity index (χ0n) is 16.6. The van der Waals surface area contributed by atoms with Crippen molar-refractivity contribution in [2.75, 3.05) is 18.1 Å². The average molecular weight is 436 g/mol. The van der Waals surface area contributed by atoms with Crippen molar-refractivity contribution in [2.24, 2.45) is 0 Å². The van der Waals surface area contributed by atoms with Gasteiger partial charge in [0.1, 0.15) is 5.82 Å². The van der Waals surface area contributed by atoms with Crippen LogP contribution in [0.25, 0.3) is 11.6 Å². The van der Waals surface area contributed by atoms with E-state index < -0.39 is 11.8 Å². The minimum Gasteiger partial charge on any atom is -0.452 e. The van der Waals surface area contributed by atoms with Gasteiger partial charge in [-0.2, -0.15) is 0 Å². The largest absolute Gasteiger partial charge is 0.452 e. The Morgan fingerprint density at radius 3 is 2.45 bits per heavy atom. The lowest BCUT2D eigenvalue weighted by molar-refractivity contribution is -0.141. The third-order valence-corrected chi connectivity index (χ3v) is 5.32. The van der Waals surface area contributed by atoms with Crippen LogP contribution < -0.4 is 4.90 Å². The number of anilines is 1. The maximum Gasteiger partial charge on any atom is 0.339 e. The zero-order valence-corrected chi connectivity index (χ0v) is 17.3. The fourth-order valence-corrected chi connectivity index (χ4v) is 3.62. The quantitative estimate of drug-likeness (QED) is 0.316. The number of esters is 1. The van der Waals surface area contributed by atoms with Crippen LogP contribution in [0.2, 0.25) is 5.02 Å². The summed E-state index contributed by atoms with van der Waals surface area (Å²) in [6, 6.07) is 20.1. The number of benzene rings is 3. The number of rotatable bonds is 5. The van der Waals surface area contributed by atoms with Gasteiger partial charge in [-0.05, 0) is 59.5 Å². The first-order chi connectivity index (χ1) is 15.0. The van der Waals surface area contributed by atoms with Crippen molar-refractivity contribution in [1.82, 2.24) is 0 Å². The maximum absolute atomic E-state index is 13.4. The van der Waals surface area contributed by atoms with E-state index in [2.05, 4.69) is 0 Å². The molecule has 4 nitrogen and oxygen atoms in total. The summed E-state index contributed by atoms with van der Waals surface area (Å²) >= 11 is 5.93. The monoisotopic (exact) mass is 435 g/mol. The van der Waals surface area contributed by atoms with E-state index >= 15 is 0 Å². The van der Waals surface area contributed by atoms with E-state index in [-0.39, 0.29) is 18.1 Å². The van der Waals surface area contributed by atoms with Gasteiger partial charge in [-0.1, -0.05) is 54.1 Å². The first-order valence-corrected chi connectivity index (χ1v) is 10.2. The molecule has 0 bridgehead atoms. The van der Waals surface area contributed by atoms with Gasteiger partial charge in [-0.3, -0.25) is 4.79 Å². The van der Waals surface area contributed by atoms with Gasteiger partial charge in [0.05, 0.1) is 5.57 Å². The molecule has 1 aliphatic heterocycles. The van der Waals surface area contributed by atoms with E-state index in [4.69, 9.17) is 16.3 Å². The Hall–Kier alpha value is -3.44. The molecule has 3 aromatic rings. The predicted molar refractivity (Wildman–Crippen MR) is 119 cm³/mol. The number of amides is 1. The SMILES string of the molecule is O=C(OCC(=O)N1CCc2ccccc21)C(=Cc1ccc(Cl)cc1)c1ccc(F)cc1. The highest BCUT2D eigenvalue weighted by molar-refractivity contribution is 6.30. The van der Waals surface area contributed by atoms with Crippen LogP contribution in [0.15, 0.2) is 72.8 Å². The Morgan fingerprint density at radius 2 is 1.71 bits per heavy atom. The van der Waals surface area contributed by atoms with Crippen molar-refractivity contribution in [1.29, 1.82) is 0 Å². The molecule has 1 heterocycles. The molecule has 0 saturated heterocycles. The van der Waals surface area contributed by atoms with Crippen molar-refractivity contribution in [2.45, 2.75) is 6.42 Å². The van der Waals surface area contributed by atoms with Crippen molar-refractivity contribution in [3.63, 3.8) is 0 Å². The summed E-state index contributed by atoms with van der Waals surface area (Å²) in [5.41, 5.74) is 3.37. The van der Waals surface area contributed by atoms with Crippen LogP contribution in [0, 0.1) is 5.82 Å². The van der Waals surface area contributed by atoms with Crippen LogP contribution >= 0.6 is 11.6 Å². The lowest BCUT2D eigenvalue weighted by Crippen LogP contribution is -2.33. The maximum atomic E-state index is 13.4. The number of hydrogen-bond donors (Lipinski definition) is 0. The van der Waals surface area contributed by atoms with Gasteiger partial charge in [0.25, 0.3) is 5.91 Å². The highest BCUT2D eigenvalue weighted by Gasteiger charge is 2.25. The van der Waals surface area contributed by atoms with Crippen LogP contribution in [0.4, 0.5) is 10.1 Å². The average Bonchev–Trinajstić information content (AvgIpc) is 3.22. The second-order valence-electron chi connectivity index (χ2n) is 7.12. The van der Waals surface area contributed by atoms with E-state index in [9.17, 15) is 14.0 Å². The normalized spacial score (nSPS) is 13.1. The first kappa shape index (κ1) is 20.8. The molecule has 0 fully saturated rings. The van der Waals surface area contributed by atoms with Crippen LogP contribution in [-0.4, -0.2) is 25.0 Å².